The molecular formula is C42H30NOPSSi. The lowest BCUT2D eigenvalue weighted by Crippen LogP contribution is -2.81. The Bertz CT molecular complexity index is 2190. The van der Waals surface area contributed by atoms with Gasteiger partial charge in [-0.15, -0.1) is 0 Å². The molecule has 0 unspecified atom stereocenters. The predicted octanol–water partition coefficient (Wildman–Crippen LogP) is 6.71. The smallest absolute Gasteiger partial charge is 0.181 e. The molecule has 0 amide bonds. The van der Waals surface area contributed by atoms with Crippen LogP contribution in [-0.4, -0.2) is 8.07 Å². The SMILES string of the molecule is S=P1(c2ccc(N3c4ccccc4Oc4ccccc43)cc2)c2ccccc2[Si](c2ccccc2)(c2ccccc2)c2ccccc21. The third-order valence-corrected chi connectivity index (χ3v) is 19.9. The molecule has 0 aliphatic carbocycles. The maximum Gasteiger partial charge on any atom is 0.181 e. The first-order valence-electron chi connectivity index (χ1n) is 15.9. The molecule has 0 bridgehead atoms. The lowest BCUT2D eigenvalue weighted by atomic mass is 10.1. The average molecular weight is 656 g/mol. The van der Waals surface area contributed by atoms with Gasteiger partial charge in [0.15, 0.2) is 19.6 Å². The first-order valence-corrected chi connectivity index (χ1v) is 20.7. The van der Waals surface area contributed by atoms with Gasteiger partial charge in [0.05, 0.1) is 11.4 Å². The second-order valence-corrected chi connectivity index (χ2v) is 20.1. The van der Waals surface area contributed by atoms with Crippen LogP contribution in [-0.2, 0) is 11.8 Å². The minimum atomic E-state index is -2.68. The lowest BCUT2D eigenvalue weighted by Gasteiger charge is -2.45. The molecule has 2 nitrogen and oxygen atoms in total. The summed E-state index contributed by atoms with van der Waals surface area (Å²) >= 11 is 7.06. The Morgan fingerprint density at radius 2 is 0.872 bits per heavy atom. The molecule has 0 spiro atoms. The Balaban J connectivity index is 1.27. The largest absolute Gasteiger partial charge is 0.453 e. The first-order chi connectivity index (χ1) is 23.2. The van der Waals surface area contributed by atoms with E-state index in [9.17, 15) is 0 Å². The van der Waals surface area contributed by atoms with Gasteiger partial charge in [0.25, 0.3) is 0 Å². The van der Waals surface area contributed by atoms with Crippen molar-refractivity contribution in [2.75, 3.05) is 4.90 Å². The van der Waals surface area contributed by atoms with Crippen LogP contribution in [0.5, 0.6) is 11.5 Å². The highest BCUT2D eigenvalue weighted by atomic mass is 32.4. The highest BCUT2D eigenvalue weighted by Gasteiger charge is 2.51. The summed E-state index contributed by atoms with van der Waals surface area (Å²) in [4.78, 5) is 2.29. The zero-order valence-corrected chi connectivity index (χ0v) is 28.2. The number of hydrogen-bond acceptors (Lipinski definition) is 3. The monoisotopic (exact) mass is 655 g/mol. The van der Waals surface area contributed by atoms with Crippen LogP contribution in [0.1, 0.15) is 0 Å². The third kappa shape index (κ3) is 4.12. The molecule has 7 aromatic rings. The van der Waals surface area contributed by atoms with Crippen LogP contribution < -0.4 is 46.3 Å². The zero-order valence-electron chi connectivity index (χ0n) is 25.5. The van der Waals surface area contributed by atoms with Gasteiger partial charge < -0.3 is 9.64 Å². The summed E-state index contributed by atoms with van der Waals surface area (Å²) in [6.45, 7) is 0. The maximum absolute atomic E-state index is 7.06. The lowest BCUT2D eigenvalue weighted by molar-refractivity contribution is 0.477. The second-order valence-electron chi connectivity index (χ2n) is 12.0. The number of para-hydroxylation sites is 4. The van der Waals surface area contributed by atoms with Gasteiger partial charge in [0.2, 0.25) is 0 Å². The van der Waals surface area contributed by atoms with Crippen molar-refractivity contribution in [3.05, 3.63) is 182 Å². The quantitative estimate of drug-likeness (QED) is 0.155. The van der Waals surface area contributed by atoms with E-state index in [1.807, 2.05) is 24.3 Å². The van der Waals surface area contributed by atoms with Gasteiger partial charge in [0.1, 0.15) is 0 Å². The Hall–Kier alpha value is -4.99. The van der Waals surface area contributed by atoms with Crippen LogP contribution >= 0.6 is 6.04 Å². The Morgan fingerprint density at radius 3 is 1.38 bits per heavy atom. The summed E-state index contributed by atoms with van der Waals surface area (Å²) in [6, 6.07) is 63.5. The van der Waals surface area contributed by atoms with E-state index < -0.39 is 14.1 Å². The van der Waals surface area contributed by atoms with Crippen molar-refractivity contribution >= 4 is 79.6 Å². The number of benzene rings is 7. The van der Waals surface area contributed by atoms with Crippen LogP contribution in [0.4, 0.5) is 17.1 Å². The normalized spacial score (nSPS) is 14.9. The third-order valence-electron chi connectivity index (χ3n) is 9.61. The van der Waals surface area contributed by atoms with Gasteiger partial charge >= 0.3 is 0 Å². The molecule has 2 heterocycles. The van der Waals surface area contributed by atoms with E-state index in [0.717, 1.165) is 28.6 Å². The van der Waals surface area contributed by atoms with Crippen molar-refractivity contribution in [1.29, 1.82) is 0 Å². The summed E-state index contributed by atoms with van der Waals surface area (Å²) in [5.74, 6) is 1.70. The summed E-state index contributed by atoms with van der Waals surface area (Å²) in [6.07, 6.45) is 0. The average Bonchev–Trinajstić information content (AvgIpc) is 3.15. The van der Waals surface area contributed by atoms with Gasteiger partial charge in [-0.05, 0) is 73.1 Å². The number of fused-ring (bicyclic) bond motifs is 4. The summed E-state index contributed by atoms with van der Waals surface area (Å²) in [5, 5.41) is 9.39. The predicted molar refractivity (Wildman–Crippen MR) is 204 cm³/mol. The van der Waals surface area contributed by atoms with Gasteiger partial charge in [-0.1, -0.05) is 157 Å². The fourth-order valence-corrected chi connectivity index (χ4v) is 19.1. The van der Waals surface area contributed by atoms with E-state index in [2.05, 4.69) is 163 Å². The Kier molecular flexibility index (Phi) is 6.65. The number of anilines is 3. The molecule has 0 fully saturated rings. The van der Waals surface area contributed by atoms with E-state index in [0.29, 0.717) is 0 Å². The molecule has 5 heteroatoms. The number of nitrogens with zero attached hydrogens (tertiary/aromatic N) is 1. The topological polar surface area (TPSA) is 12.5 Å². The molecule has 0 radical (unpaired) electrons. The van der Waals surface area contributed by atoms with Gasteiger partial charge in [-0.2, -0.15) is 0 Å². The van der Waals surface area contributed by atoms with Crippen molar-refractivity contribution in [1.82, 2.24) is 0 Å². The van der Waals surface area contributed by atoms with Gasteiger partial charge in [0, 0.05) is 11.7 Å². The molecule has 0 aromatic heterocycles. The molecule has 2 aliphatic heterocycles. The standard InChI is InChI=1S/C42H30NOPSSi/c46-45(32-29-27-31(28-30-32)43-35-19-7-9-21-37(35)44-38-22-10-8-20-36(38)43)39-23-11-13-25-41(39)47(33-15-3-1-4-16-33,34-17-5-2-6-18-34)42-26-14-12-24-40(42)45/h1-30H. The van der Waals surface area contributed by atoms with E-state index >= 15 is 0 Å². The summed E-state index contributed by atoms with van der Waals surface area (Å²) < 4.78 is 6.29. The maximum atomic E-state index is 7.06. The molecule has 0 saturated carbocycles. The number of hydrogen-bond donors (Lipinski definition) is 0. The fourth-order valence-electron chi connectivity index (χ4n) is 7.64. The minimum absolute atomic E-state index is 0.848. The number of ether oxygens (including phenoxy) is 1. The highest BCUT2D eigenvalue weighted by Crippen LogP contribution is 2.51. The van der Waals surface area contributed by atoms with Crippen LogP contribution in [0.2, 0.25) is 0 Å². The van der Waals surface area contributed by atoms with Crippen molar-refractivity contribution in [3.8, 4) is 11.5 Å². The summed E-state index contributed by atoms with van der Waals surface area (Å²) in [7, 11) is -2.68. The van der Waals surface area contributed by atoms with E-state index in [-0.39, 0.29) is 0 Å². The molecule has 224 valence electrons. The van der Waals surface area contributed by atoms with Crippen molar-refractivity contribution in [3.63, 3.8) is 0 Å². The zero-order chi connectivity index (χ0) is 31.4. The molecule has 7 aromatic carbocycles. The minimum Gasteiger partial charge on any atom is -0.453 e. The highest BCUT2D eigenvalue weighted by molar-refractivity contribution is 8.26. The van der Waals surface area contributed by atoms with Gasteiger partial charge in [-0.25, -0.2) is 0 Å². The molecule has 0 N–H and O–H groups in total. The van der Waals surface area contributed by atoms with E-state index in [1.165, 1.54) is 36.7 Å². The van der Waals surface area contributed by atoms with Crippen LogP contribution in [0.25, 0.3) is 0 Å². The van der Waals surface area contributed by atoms with Crippen LogP contribution in [0.3, 0.4) is 0 Å². The molecule has 0 atom stereocenters. The van der Waals surface area contributed by atoms with Crippen molar-refractivity contribution in [2.24, 2.45) is 0 Å². The number of rotatable bonds is 4. The first kappa shape index (κ1) is 28.2. The Morgan fingerprint density at radius 1 is 0.447 bits per heavy atom. The molecule has 9 rings (SSSR count). The van der Waals surface area contributed by atoms with E-state index in [4.69, 9.17) is 16.5 Å². The Labute approximate surface area is 281 Å². The molecular weight excluding hydrogens is 626 g/mol. The van der Waals surface area contributed by atoms with Crippen molar-refractivity contribution < 1.29 is 4.74 Å². The van der Waals surface area contributed by atoms with Crippen LogP contribution in [0.15, 0.2) is 182 Å². The molecule has 47 heavy (non-hydrogen) atoms. The van der Waals surface area contributed by atoms with E-state index in [1.54, 1.807) is 0 Å². The molecule has 0 saturated heterocycles. The van der Waals surface area contributed by atoms with Crippen LogP contribution in [0, 0.1) is 0 Å². The fraction of sp³-hybridized carbons (Fsp3) is 0. The molecule has 2 aliphatic rings. The second kappa shape index (κ2) is 11.1. The van der Waals surface area contributed by atoms with Gasteiger partial charge in [-0.3, -0.25) is 0 Å². The van der Waals surface area contributed by atoms with Crippen molar-refractivity contribution in [2.45, 2.75) is 0 Å². The summed E-state index contributed by atoms with van der Waals surface area (Å²) in [5.41, 5.74) is 3.13.